The highest BCUT2D eigenvalue weighted by molar-refractivity contribution is 5.99. The van der Waals surface area contributed by atoms with E-state index in [0.29, 0.717) is 73.6 Å². The van der Waals surface area contributed by atoms with E-state index in [0.717, 1.165) is 5.56 Å². The Balaban J connectivity index is 1.57. The van der Waals surface area contributed by atoms with Gasteiger partial charge in [0.1, 0.15) is 17.4 Å². The normalized spacial score (nSPS) is 13.7. The van der Waals surface area contributed by atoms with Crippen LogP contribution in [-0.4, -0.2) is 70.6 Å². The van der Waals surface area contributed by atoms with Crippen molar-refractivity contribution in [2.75, 3.05) is 50.5 Å². The molecule has 0 radical (unpaired) electrons. The van der Waals surface area contributed by atoms with Gasteiger partial charge in [-0.3, -0.25) is 0 Å². The van der Waals surface area contributed by atoms with Crippen molar-refractivity contribution in [2.24, 2.45) is 0 Å². The summed E-state index contributed by atoms with van der Waals surface area (Å²) in [6.07, 6.45) is -0.341. The third-order valence-electron chi connectivity index (χ3n) is 6.32. The van der Waals surface area contributed by atoms with Crippen LogP contribution in [-0.2, 0) is 11.3 Å². The molecule has 2 aromatic heterocycles. The Hall–Kier alpha value is -4.41. The summed E-state index contributed by atoms with van der Waals surface area (Å²) in [6, 6.07) is 14.4. The number of hydrogen-bond donors (Lipinski definition) is 1. The van der Waals surface area contributed by atoms with Crippen LogP contribution in [0.1, 0.15) is 12.5 Å². The fourth-order valence-corrected chi connectivity index (χ4v) is 4.37. The lowest BCUT2D eigenvalue weighted by Gasteiger charge is -2.34. The number of hydrogen-bond acceptors (Lipinski definition) is 8. The second-order valence-corrected chi connectivity index (χ2v) is 8.62. The standard InChI is InChI=1S/C26H28FN7O3/c1-3-37-26(35)33-13-11-32(12-14-33)25-29-22(19-10-9-18(36-2)15-20(19)27)21-23(28)34(31-24(21)30-25)16-17-7-5-4-6-8-17/h4-10,15H,3,11-14,16,28H2,1-2H3. The van der Waals surface area contributed by atoms with Gasteiger partial charge >= 0.3 is 6.09 Å². The number of carbonyl (C=O) groups is 1. The second-order valence-electron chi connectivity index (χ2n) is 8.62. The van der Waals surface area contributed by atoms with Crippen LogP contribution in [0.5, 0.6) is 5.75 Å². The molecule has 0 saturated carbocycles. The number of aromatic nitrogens is 4. The third-order valence-corrected chi connectivity index (χ3v) is 6.32. The first-order valence-electron chi connectivity index (χ1n) is 12.1. The number of anilines is 2. The first kappa shape index (κ1) is 24.3. The quantitative estimate of drug-likeness (QED) is 0.424. The van der Waals surface area contributed by atoms with Gasteiger partial charge in [-0.2, -0.15) is 4.98 Å². The van der Waals surface area contributed by atoms with Gasteiger partial charge < -0.3 is 25.0 Å². The average molecular weight is 506 g/mol. The molecule has 10 nitrogen and oxygen atoms in total. The van der Waals surface area contributed by atoms with Gasteiger partial charge in [0.15, 0.2) is 5.65 Å². The van der Waals surface area contributed by atoms with Crippen LogP contribution in [0.2, 0.25) is 0 Å². The minimum atomic E-state index is -0.493. The number of nitrogens with two attached hydrogens (primary N) is 1. The van der Waals surface area contributed by atoms with Crippen molar-refractivity contribution in [1.82, 2.24) is 24.6 Å². The van der Waals surface area contributed by atoms with Crippen LogP contribution in [0.4, 0.5) is 21.0 Å². The minimum Gasteiger partial charge on any atom is -0.497 e. The summed E-state index contributed by atoms with van der Waals surface area (Å²) < 4.78 is 27.2. The monoisotopic (exact) mass is 505 g/mol. The maximum absolute atomic E-state index is 15.2. The second kappa shape index (κ2) is 10.3. The van der Waals surface area contributed by atoms with Gasteiger partial charge in [0.05, 0.1) is 31.3 Å². The summed E-state index contributed by atoms with van der Waals surface area (Å²) >= 11 is 0. The zero-order valence-electron chi connectivity index (χ0n) is 20.7. The topological polar surface area (TPSA) is 112 Å². The Morgan fingerprint density at radius 2 is 1.84 bits per heavy atom. The molecule has 5 rings (SSSR count). The number of fused-ring (bicyclic) bond motifs is 1. The predicted octanol–water partition coefficient (Wildman–Crippen LogP) is 3.55. The lowest BCUT2D eigenvalue weighted by Crippen LogP contribution is -2.49. The zero-order chi connectivity index (χ0) is 25.9. The number of benzene rings is 2. The largest absolute Gasteiger partial charge is 0.497 e. The molecule has 0 bridgehead atoms. The number of rotatable bonds is 6. The summed E-state index contributed by atoms with van der Waals surface area (Å²) in [6.45, 7) is 4.43. The minimum absolute atomic E-state index is 0.269. The number of halogens is 1. The zero-order valence-corrected chi connectivity index (χ0v) is 20.7. The van der Waals surface area contributed by atoms with E-state index in [9.17, 15) is 4.79 Å². The molecule has 2 aromatic carbocycles. The van der Waals surface area contributed by atoms with Gasteiger partial charge in [0.25, 0.3) is 0 Å². The molecule has 1 saturated heterocycles. The Labute approximate surface area is 213 Å². The van der Waals surface area contributed by atoms with Crippen molar-refractivity contribution in [3.63, 3.8) is 0 Å². The highest BCUT2D eigenvalue weighted by Crippen LogP contribution is 2.35. The number of carbonyl (C=O) groups excluding carboxylic acids is 1. The van der Waals surface area contributed by atoms with Crippen LogP contribution in [0.25, 0.3) is 22.3 Å². The molecule has 1 fully saturated rings. The van der Waals surface area contributed by atoms with Crippen molar-refractivity contribution in [2.45, 2.75) is 13.5 Å². The van der Waals surface area contributed by atoms with Crippen molar-refractivity contribution >= 4 is 28.9 Å². The van der Waals surface area contributed by atoms with Gasteiger partial charge in [-0.15, -0.1) is 5.10 Å². The molecule has 11 heteroatoms. The van der Waals surface area contributed by atoms with Crippen LogP contribution >= 0.6 is 0 Å². The van der Waals surface area contributed by atoms with E-state index in [1.807, 2.05) is 35.2 Å². The van der Waals surface area contributed by atoms with Crippen LogP contribution in [0, 0.1) is 5.82 Å². The summed E-state index contributed by atoms with van der Waals surface area (Å²) in [5.74, 6) is 0.649. The molecular weight excluding hydrogens is 477 g/mol. The molecule has 2 N–H and O–H groups in total. The molecule has 3 heterocycles. The number of nitrogen functional groups attached to an aromatic ring is 1. The molecule has 192 valence electrons. The molecule has 1 amide bonds. The van der Waals surface area contributed by atoms with Crippen LogP contribution in [0.15, 0.2) is 48.5 Å². The lowest BCUT2D eigenvalue weighted by molar-refractivity contribution is 0.105. The predicted molar refractivity (Wildman–Crippen MR) is 138 cm³/mol. The average Bonchev–Trinajstić information content (AvgIpc) is 3.23. The number of ether oxygens (including phenoxy) is 2. The maximum atomic E-state index is 15.2. The highest BCUT2D eigenvalue weighted by Gasteiger charge is 2.27. The Bertz CT molecular complexity index is 1420. The van der Waals surface area contributed by atoms with Crippen LogP contribution < -0.4 is 15.4 Å². The fourth-order valence-electron chi connectivity index (χ4n) is 4.37. The van der Waals surface area contributed by atoms with E-state index in [2.05, 4.69) is 5.10 Å². The van der Waals surface area contributed by atoms with E-state index in [1.54, 1.807) is 28.6 Å². The summed E-state index contributed by atoms with van der Waals surface area (Å²) in [7, 11) is 1.48. The molecule has 1 aliphatic rings. The van der Waals surface area contributed by atoms with E-state index < -0.39 is 5.82 Å². The van der Waals surface area contributed by atoms with E-state index in [-0.39, 0.29) is 11.7 Å². The molecule has 0 aliphatic carbocycles. The van der Waals surface area contributed by atoms with E-state index >= 15 is 4.39 Å². The fraction of sp³-hybridized carbons (Fsp3) is 0.308. The van der Waals surface area contributed by atoms with Crippen molar-refractivity contribution < 1.29 is 18.7 Å². The first-order chi connectivity index (χ1) is 18.0. The number of amides is 1. The first-order valence-corrected chi connectivity index (χ1v) is 12.1. The number of methoxy groups -OCH3 is 1. The Morgan fingerprint density at radius 3 is 2.51 bits per heavy atom. The van der Waals surface area contributed by atoms with Gasteiger partial charge in [-0.1, -0.05) is 30.3 Å². The Morgan fingerprint density at radius 1 is 1.08 bits per heavy atom. The van der Waals surface area contributed by atoms with E-state index in [1.165, 1.54) is 13.2 Å². The van der Waals surface area contributed by atoms with Gasteiger partial charge in [0.2, 0.25) is 5.95 Å². The molecular formula is C26H28FN7O3. The smallest absolute Gasteiger partial charge is 0.409 e. The molecule has 0 atom stereocenters. The SMILES string of the molecule is CCOC(=O)N1CCN(c2nc(-c3ccc(OC)cc3F)c3c(N)n(Cc4ccccc4)nc3n2)CC1. The van der Waals surface area contributed by atoms with Gasteiger partial charge in [0, 0.05) is 37.8 Å². The van der Waals surface area contributed by atoms with Crippen molar-refractivity contribution in [3.8, 4) is 17.0 Å². The van der Waals surface area contributed by atoms with Gasteiger partial charge in [-0.25, -0.2) is 18.9 Å². The third kappa shape index (κ3) is 4.84. The summed E-state index contributed by atoms with van der Waals surface area (Å²) in [4.78, 5) is 25.2. The van der Waals surface area contributed by atoms with Crippen molar-refractivity contribution in [1.29, 1.82) is 0 Å². The number of piperazine rings is 1. The highest BCUT2D eigenvalue weighted by atomic mass is 19.1. The number of nitrogens with zero attached hydrogens (tertiary/aromatic N) is 6. The van der Waals surface area contributed by atoms with Crippen molar-refractivity contribution in [3.05, 3.63) is 59.9 Å². The van der Waals surface area contributed by atoms with E-state index in [4.69, 9.17) is 25.2 Å². The summed E-state index contributed by atoms with van der Waals surface area (Å²) in [5, 5.41) is 5.14. The molecule has 1 aliphatic heterocycles. The van der Waals surface area contributed by atoms with Crippen LogP contribution in [0.3, 0.4) is 0 Å². The molecule has 0 unspecified atom stereocenters. The Kier molecular flexibility index (Phi) is 6.76. The maximum Gasteiger partial charge on any atom is 0.409 e. The molecule has 37 heavy (non-hydrogen) atoms. The molecule has 0 spiro atoms. The summed E-state index contributed by atoms with van der Waals surface area (Å²) in [5.41, 5.74) is 8.55. The van der Waals surface area contributed by atoms with Gasteiger partial charge in [-0.05, 0) is 24.6 Å². The molecule has 4 aromatic rings. The lowest BCUT2D eigenvalue weighted by atomic mass is 10.1.